The van der Waals surface area contributed by atoms with E-state index in [1.807, 2.05) is 46.8 Å². The third-order valence-electron chi connectivity index (χ3n) is 7.12. The van der Waals surface area contributed by atoms with E-state index in [-0.39, 0.29) is 35.8 Å². The highest BCUT2D eigenvalue weighted by Crippen LogP contribution is 2.31. The number of hydrogen-bond acceptors (Lipinski definition) is 4. The van der Waals surface area contributed by atoms with Crippen molar-refractivity contribution in [1.82, 2.24) is 19.8 Å². The van der Waals surface area contributed by atoms with Gasteiger partial charge in [-0.05, 0) is 58.1 Å². The second-order valence-electron chi connectivity index (χ2n) is 9.98. The predicted molar refractivity (Wildman–Crippen MR) is 131 cm³/mol. The Labute approximate surface area is 201 Å². The predicted octanol–water partition coefficient (Wildman–Crippen LogP) is 3.74. The van der Waals surface area contributed by atoms with Crippen molar-refractivity contribution in [3.63, 3.8) is 0 Å². The lowest BCUT2D eigenvalue weighted by molar-refractivity contribution is -0.133. The molecule has 0 unspecified atom stereocenters. The number of anilines is 1. The van der Waals surface area contributed by atoms with Crippen LogP contribution in [0.2, 0.25) is 0 Å². The topological polar surface area (TPSA) is 96.3 Å². The first-order chi connectivity index (χ1) is 16.2. The molecule has 1 aromatic heterocycles. The van der Waals surface area contributed by atoms with Crippen molar-refractivity contribution in [2.45, 2.75) is 84.8 Å². The summed E-state index contributed by atoms with van der Waals surface area (Å²) in [4.78, 5) is 46.2. The van der Waals surface area contributed by atoms with Gasteiger partial charge in [0, 0.05) is 18.3 Å². The third kappa shape index (κ3) is 4.21. The van der Waals surface area contributed by atoms with Crippen LogP contribution in [0.3, 0.4) is 0 Å². The van der Waals surface area contributed by atoms with Gasteiger partial charge in [0.2, 0.25) is 5.91 Å². The molecule has 2 heterocycles. The molecule has 8 heteroatoms. The summed E-state index contributed by atoms with van der Waals surface area (Å²) in [5, 5.41) is 6.11. The van der Waals surface area contributed by atoms with Crippen molar-refractivity contribution in [1.29, 1.82) is 0 Å². The van der Waals surface area contributed by atoms with E-state index >= 15 is 0 Å². The number of nitrogens with zero attached hydrogens (tertiary/aromatic N) is 3. The van der Waals surface area contributed by atoms with E-state index in [1.54, 1.807) is 9.47 Å². The second kappa shape index (κ2) is 9.24. The van der Waals surface area contributed by atoms with Gasteiger partial charge in [0.25, 0.3) is 11.8 Å². The third-order valence-corrected chi connectivity index (χ3v) is 7.12. The maximum Gasteiger partial charge on any atom is 0.276 e. The molecule has 1 aromatic carbocycles. The lowest BCUT2D eigenvalue weighted by Gasteiger charge is -2.44. The van der Waals surface area contributed by atoms with E-state index < -0.39 is 11.4 Å². The van der Waals surface area contributed by atoms with Crippen LogP contribution in [0.25, 0.3) is 0 Å². The molecule has 2 aliphatic rings. The molecule has 0 saturated heterocycles. The molecule has 1 aliphatic carbocycles. The number of fused-ring (bicyclic) bond motifs is 1. The fourth-order valence-electron chi connectivity index (χ4n) is 5.39. The number of aryl methyl sites for hydroxylation is 3. The van der Waals surface area contributed by atoms with Crippen molar-refractivity contribution in [3.05, 3.63) is 46.5 Å². The Hall–Kier alpha value is -3.16. The quantitative estimate of drug-likeness (QED) is 0.679. The van der Waals surface area contributed by atoms with Gasteiger partial charge in [0.1, 0.15) is 11.2 Å². The summed E-state index contributed by atoms with van der Waals surface area (Å²) in [6.07, 6.45) is 6.38. The van der Waals surface area contributed by atoms with Crippen molar-refractivity contribution < 1.29 is 14.4 Å². The summed E-state index contributed by atoms with van der Waals surface area (Å²) < 4.78 is 1.66. The molecule has 8 nitrogen and oxygen atoms in total. The first-order valence-corrected chi connectivity index (χ1v) is 12.2. The summed E-state index contributed by atoms with van der Waals surface area (Å²) in [6, 6.07) is 4.18. The van der Waals surface area contributed by atoms with Gasteiger partial charge in [0.15, 0.2) is 5.69 Å². The lowest BCUT2D eigenvalue weighted by atomic mass is 9.93. The molecule has 3 amide bonds. The second-order valence-corrected chi connectivity index (χ2v) is 9.98. The Morgan fingerprint density at radius 3 is 2.41 bits per heavy atom. The molecule has 0 radical (unpaired) electrons. The van der Waals surface area contributed by atoms with E-state index in [4.69, 9.17) is 0 Å². The van der Waals surface area contributed by atoms with Gasteiger partial charge in [-0.1, -0.05) is 37.5 Å². The monoisotopic (exact) mass is 465 g/mol. The summed E-state index contributed by atoms with van der Waals surface area (Å²) in [5.74, 6) is -0.901. The molecule has 0 spiro atoms. The maximum absolute atomic E-state index is 13.7. The summed E-state index contributed by atoms with van der Waals surface area (Å²) in [6.45, 7) is 10.4. The molecule has 1 aliphatic heterocycles. The normalized spacial score (nSPS) is 20.4. The van der Waals surface area contributed by atoms with Gasteiger partial charge in [0.05, 0.1) is 12.9 Å². The molecule has 0 bridgehead atoms. The number of carbonyl (C=O) groups excluding carboxylic acids is 3. The average molecular weight is 466 g/mol. The van der Waals surface area contributed by atoms with Gasteiger partial charge in [-0.25, -0.2) is 4.98 Å². The number of carbonyl (C=O) groups is 3. The highest BCUT2D eigenvalue weighted by molar-refractivity contribution is 6.12. The van der Waals surface area contributed by atoms with Gasteiger partial charge < -0.3 is 20.1 Å². The molecule has 2 aromatic rings. The molecule has 1 saturated carbocycles. The highest BCUT2D eigenvalue weighted by Gasteiger charge is 2.49. The SMILES string of the molecule is CCCN1C(=O)c2c(C(=O)Nc3c(C)cc(C)cc3C)ncn2C[C@@]1(C)C(=O)NC1CCCC1. The Bertz CT molecular complexity index is 1110. The van der Waals surface area contributed by atoms with E-state index in [0.29, 0.717) is 13.0 Å². The lowest BCUT2D eigenvalue weighted by Crippen LogP contribution is -2.65. The van der Waals surface area contributed by atoms with Gasteiger partial charge in [-0.2, -0.15) is 0 Å². The fraction of sp³-hybridized carbons (Fsp3) is 0.538. The Balaban J connectivity index is 1.64. The van der Waals surface area contributed by atoms with Crippen molar-refractivity contribution in [2.24, 2.45) is 0 Å². The van der Waals surface area contributed by atoms with Crippen molar-refractivity contribution >= 4 is 23.4 Å². The summed E-state index contributed by atoms with van der Waals surface area (Å²) in [7, 11) is 0. The Morgan fingerprint density at radius 1 is 1.15 bits per heavy atom. The van der Waals surface area contributed by atoms with E-state index in [2.05, 4.69) is 15.6 Å². The molecule has 4 rings (SSSR count). The molecule has 182 valence electrons. The number of hydrogen-bond donors (Lipinski definition) is 2. The van der Waals surface area contributed by atoms with E-state index in [1.165, 1.54) is 6.33 Å². The minimum atomic E-state index is -1.04. The molecular formula is C26H35N5O3. The summed E-state index contributed by atoms with van der Waals surface area (Å²) >= 11 is 0. The van der Waals surface area contributed by atoms with Crippen LogP contribution in [0.1, 0.15) is 83.6 Å². The molecule has 2 N–H and O–H groups in total. The number of imidazole rings is 1. The fourth-order valence-corrected chi connectivity index (χ4v) is 5.39. The van der Waals surface area contributed by atoms with Crippen LogP contribution in [0.15, 0.2) is 18.5 Å². The first kappa shape index (κ1) is 24.0. The zero-order valence-electron chi connectivity index (χ0n) is 20.8. The molecular weight excluding hydrogens is 430 g/mol. The smallest absolute Gasteiger partial charge is 0.276 e. The van der Waals surface area contributed by atoms with E-state index in [0.717, 1.165) is 48.1 Å². The molecule has 34 heavy (non-hydrogen) atoms. The standard InChI is InChI=1S/C26H35N5O3/c1-6-11-31-24(33)22-21(23(32)29-20-17(3)12-16(2)13-18(20)4)27-15-30(22)14-26(31,5)25(34)28-19-9-7-8-10-19/h12-13,15,19H,6-11,14H2,1-5H3,(H,28,34)(H,29,32)/t26-/m0/s1. The number of aromatic nitrogens is 2. The zero-order valence-corrected chi connectivity index (χ0v) is 20.8. The van der Waals surface area contributed by atoms with Gasteiger partial charge in [-0.15, -0.1) is 0 Å². The number of nitrogens with one attached hydrogen (secondary N) is 2. The van der Waals surface area contributed by atoms with Crippen molar-refractivity contribution in [2.75, 3.05) is 11.9 Å². The molecule has 1 atom stereocenters. The minimum absolute atomic E-state index is 0.0868. The highest BCUT2D eigenvalue weighted by atomic mass is 16.2. The van der Waals surface area contributed by atoms with Crippen LogP contribution < -0.4 is 10.6 Å². The number of benzene rings is 1. The van der Waals surface area contributed by atoms with Crippen LogP contribution in [0.5, 0.6) is 0 Å². The zero-order chi connectivity index (χ0) is 24.6. The summed E-state index contributed by atoms with van der Waals surface area (Å²) in [5.41, 5.74) is 3.03. The van der Waals surface area contributed by atoms with Crippen LogP contribution in [0.4, 0.5) is 5.69 Å². The number of rotatable bonds is 6. The Kier molecular flexibility index (Phi) is 6.51. The average Bonchev–Trinajstić information content (AvgIpc) is 3.43. The van der Waals surface area contributed by atoms with Crippen LogP contribution >= 0.6 is 0 Å². The van der Waals surface area contributed by atoms with E-state index in [9.17, 15) is 14.4 Å². The van der Waals surface area contributed by atoms with Crippen LogP contribution in [-0.2, 0) is 11.3 Å². The van der Waals surface area contributed by atoms with Gasteiger partial charge >= 0.3 is 0 Å². The van der Waals surface area contributed by atoms with Crippen LogP contribution in [0, 0.1) is 20.8 Å². The minimum Gasteiger partial charge on any atom is -0.351 e. The number of amides is 3. The molecule has 1 fully saturated rings. The largest absolute Gasteiger partial charge is 0.351 e. The van der Waals surface area contributed by atoms with Crippen LogP contribution in [-0.4, -0.2) is 50.3 Å². The van der Waals surface area contributed by atoms with Crippen molar-refractivity contribution in [3.8, 4) is 0 Å². The van der Waals surface area contributed by atoms with Gasteiger partial charge in [-0.3, -0.25) is 14.4 Å². The maximum atomic E-state index is 13.7. The first-order valence-electron chi connectivity index (χ1n) is 12.2. The Morgan fingerprint density at radius 2 is 1.79 bits per heavy atom.